The van der Waals surface area contributed by atoms with Crippen LogP contribution in [-0.2, 0) is 11.3 Å². The van der Waals surface area contributed by atoms with Gasteiger partial charge in [-0.15, -0.1) is 0 Å². The summed E-state index contributed by atoms with van der Waals surface area (Å²) in [6.45, 7) is 2.80. The Labute approximate surface area is 117 Å². The van der Waals surface area contributed by atoms with Gasteiger partial charge in [-0.2, -0.15) is 0 Å². The highest BCUT2D eigenvalue weighted by Gasteiger charge is 2.07. The molecule has 6 nitrogen and oxygen atoms in total. The van der Waals surface area contributed by atoms with Gasteiger partial charge in [-0.05, 0) is 32.3 Å². The summed E-state index contributed by atoms with van der Waals surface area (Å²) in [6.07, 6.45) is 1.71. The van der Waals surface area contributed by atoms with Gasteiger partial charge in [0.05, 0.1) is 36.1 Å². The van der Waals surface area contributed by atoms with Gasteiger partial charge in [-0.3, -0.25) is 0 Å². The monoisotopic (exact) mass is 277 g/mol. The molecule has 0 atom stereocenters. The second-order valence-corrected chi connectivity index (χ2v) is 4.86. The van der Waals surface area contributed by atoms with Crippen molar-refractivity contribution in [3.05, 3.63) is 30.1 Å². The fourth-order valence-corrected chi connectivity index (χ4v) is 1.88. The van der Waals surface area contributed by atoms with Crippen LogP contribution in [-0.4, -0.2) is 59.4 Å². The summed E-state index contributed by atoms with van der Waals surface area (Å²) in [5.41, 5.74) is 1.89. The minimum atomic E-state index is -0.929. The van der Waals surface area contributed by atoms with Crippen LogP contribution in [0.2, 0.25) is 0 Å². The van der Waals surface area contributed by atoms with Crippen molar-refractivity contribution in [1.29, 1.82) is 0 Å². The van der Waals surface area contributed by atoms with Crippen LogP contribution in [0.25, 0.3) is 11.0 Å². The van der Waals surface area contributed by atoms with Gasteiger partial charge < -0.3 is 19.3 Å². The molecule has 0 amide bonds. The van der Waals surface area contributed by atoms with E-state index in [2.05, 4.69) is 9.88 Å². The van der Waals surface area contributed by atoms with Crippen molar-refractivity contribution in [2.75, 3.05) is 33.9 Å². The van der Waals surface area contributed by atoms with E-state index in [9.17, 15) is 4.79 Å². The summed E-state index contributed by atoms with van der Waals surface area (Å²) in [6, 6.07) is 4.93. The number of nitrogens with zero attached hydrogens (tertiary/aromatic N) is 3. The van der Waals surface area contributed by atoms with Crippen LogP contribution in [0, 0.1) is 0 Å². The molecule has 1 heterocycles. The van der Waals surface area contributed by atoms with Crippen molar-refractivity contribution < 1.29 is 14.6 Å². The zero-order valence-corrected chi connectivity index (χ0v) is 11.7. The molecule has 0 aliphatic rings. The smallest absolute Gasteiger partial charge is 0.335 e. The third-order valence-electron chi connectivity index (χ3n) is 3.03. The SMILES string of the molecule is CN(C)CCOCCn1cnc2ccc(C(=O)O)cc21. The van der Waals surface area contributed by atoms with E-state index >= 15 is 0 Å². The van der Waals surface area contributed by atoms with Crippen LogP contribution in [0.15, 0.2) is 24.5 Å². The maximum atomic E-state index is 11.0. The molecule has 0 saturated carbocycles. The number of fused-ring (bicyclic) bond motifs is 1. The van der Waals surface area contributed by atoms with Gasteiger partial charge in [0.25, 0.3) is 0 Å². The van der Waals surface area contributed by atoms with Crippen LogP contribution in [0.5, 0.6) is 0 Å². The van der Waals surface area contributed by atoms with Gasteiger partial charge in [0.15, 0.2) is 0 Å². The lowest BCUT2D eigenvalue weighted by Gasteiger charge is -2.10. The van der Waals surface area contributed by atoms with Crippen molar-refractivity contribution in [1.82, 2.24) is 14.5 Å². The Balaban J connectivity index is 1.99. The van der Waals surface area contributed by atoms with Crippen molar-refractivity contribution in [3.63, 3.8) is 0 Å². The first-order valence-corrected chi connectivity index (χ1v) is 6.48. The number of carboxylic acid groups (broad SMARTS) is 1. The van der Waals surface area contributed by atoms with Gasteiger partial charge in [-0.25, -0.2) is 9.78 Å². The van der Waals surface area contributed by atoms with Crippen LogP contribution in [0.1, 0.15) is 10.4 Å². The number of aromatic nitrogens is 2. The van der Waals surface area contributed by atoms with Crippen molar-refractivity contribution in [2.45, 2.75) is 6.54 Å². The number of carbonyl (C=O) groups is 1. The Morgan fingerprint density at radius 3 is 2.90 bits per heavy atom. The molecule has 0 radical (unpaired) electrons. The first-order valence-electron chi connectivity index (χ1n) is 6.48. The largest absolute Gasteiger partial charge is 0.478 e. The molecule has 0 fully saturated rings. The van der Waals surface area contributed by atoms with E-state index in [0.29, 0.717) is 19.8 Å². The van der Waals surface area contributed by atoms with Crippen molar-refractivity contribution in [2.24, 2.45) is 0 Å². The summed E-state index contributed by atoms with van der Waals surface area (Å²) in [5, 5.41) is 9.01. The molecule has 0 saturated heterocycles. The Morgan fingerprint density at radius 2 is 2.20 bits per heavy atom. The minimum Gasteiger partial charge on any atom is -0.478 e. The van der Waals surface area contributed by atoms with Gasteiger partial charge in [0.1, 0.15) is 0 Å². The number of rotatable bonds is 7. The second kappa shape index (κ2) is 6.49. The maximum Gasteiger partial charge on any atom is 0.335 e. The van der Waals surface area contributed by atoms with Crippen molar-refractivity contribution in [3.8, 4) is 0 Å². The molecule has 108 valence electrons. The number of imidazole rings is 1. The van der Waals surface area contributed by atoms with E-state index in [0.717, 1.165) is 17.6 Å². The summed E-state index contributed by atoms with van der Waals surface area (Å²) in [5.74, 6) is -0.929. The Bertz CT molecular complexity index is 592. The highest BCUT2D eigenvalue weighted by molar-refractivity contribution is 5.92. The van der Waals surface area contributed by atoms with Crippen molar-refractivity contribution >= 4 is 17.0 Å². The topological polar surface area (TPSA) is 67.6 Å². The molecule has 1 aromatic heterocycles. The zero-order chi connectivity index (χ0) is 14.5. The number of aromatic carboxylic acids is 1. The molecule has 2 rings (SSSR count). The zero-order valence-electron chi connectivity index (χ0n) is 11.7. The van der Waals surface area contributed by atoms with Gasteiger partial charge in [0, 0.05) is 13.1 Å². The first kappa shape index (κ1) is 14.5. The van der Waals surface area contributed by atoms with E-state index < -0.39 is 5.97 Å². The minimum absolute atomic E-state index is 0.271. The molecular weight excluding hydrogens is 258 g/mol. The Kier molecular flexibility index (Phi) is 4.70. The lowest BCUT2D eigenvalue weighted by atomic mass is 10.2. The molecule has 1 N–H and O–H groups in total. The number of carboxylic acids is 1. The Hall–Kier alpha value is -1.92. The molecule has 0 aliphatic carbocycles. The summed E-state index contributed by atoms with van der Waals surface area (Å²) >= 11 is 0. The van der Waals surface area contributed by atoms with E-state index in [1.165, 1.54) is 0 Å². The molecule has 20 heavy (non-hydrogen) atoms. The fraction of sp³-hybridized carbons (Fsp3) is 0.429. The van der Waals surface area contributed by atoms with E-state index in [-0.39, 0.29) is 5.56 Å². The number of benzene rings is 1. The van der Waals surface area contributed by atoms with Gasteiger partial charge in [0.2, 0.25) is 0 Å². The number of likely N-dealkylation sites (N-methyl/N-ethyl adjacent to an activating group) is 1. The predicted molar refractivity (Wildman–Crippen MR) is 76.1 cm³/mol. The molecule has 0 unspecified atom stereocenters. The first-order chi connectivity index (χ1) is 9.58. The third-order valence-corrected chi connectivity index (χ3v) is 3.03. The average Bonchev–Trinajstić information content (AvgIpc) is 2.80. The molecular formula is C14H19N3O3. The molecule has 0 bridgehead atoms. The molecule has 0 spiro atoms. The van der Waals surface area contributed by atoms with Gasteiger partial charge >= 0.3 is 5.97 Å². The van der Waals surface area contributed by atoms with Crippen LogP contribution < -0.4 is 0 Å². The normalized spacial score (nSPS) is 11.3. The van der Waals surface area contributed by atoms with Crippen LogP contribution in [0.4, 0.5) is 0 Å². The highest BCUT2D eigenvalue weighted by Crippen LogP contribution is 2.15. The number of ether oxygens (including phenoxy) is 1. The molecule has 2 aromatic rings. The average molecular weight is 277 g/mol. The van der Waals surface area contributed by atoms with E-state index in [4.69, 9.17) is 9.84 Å². The van der Waals surface area contributed by atoms with Crippen LogP contribution >= 0.6 is 0 Å². The lowest BCUT2D eigenvalue weighted by Crippen LogP contribution is -2.19. The highest BCUT2D eigenvalue weighted by atomic mass is 16.5. The van der Waals surface area contributed by atoms with Gasteiger partial charge in [-0.1, -0.05) is 0 Å². The predicted octanol–water partition coefficient (Wildman–Crippen LogP) is 1.31. The summed E-state index contributed by atoms with van der Waals surface area (Å²) in [7, 11) is 4.00. The lowest BCUT2D eigenvalue weighted by molar-refractivity contribution is 0.0697. The summed E-state index contributed by atoms with van der Waals surface area (Å²) < 4.78 is 7.45. The quantitative estimate of drug-likeness (QED) is 0.773. The molecule has 1 aromatic carbocycles. The fourth-order valence-electron chi connectivity index (χ4n) is 1.88. The van der Waals surface area contributed by atoms with E-state index in [1.54, 1.807) is 24.5 Å². The number of hydrogen-bond donors (Lipinski definition) is 1. The third kappa shape index (κ3) is 3.55. The maximum absolute atomic E-state index is 11.0. The molecule has 0 aliphatic heterocycles. The number of hydrogen-bond acceptors (Lipinski definition) is 4. The summed E-state index contributed by atoms with van der Waals surface area (Å²) in [4.78, 5) is 17.3. The van der Waals surface area contributed by atoms with E-state index in [1.807, 2.05) is 18.7 Å². The molecule has 6 heteroatoms. The standard InChI is InChI=1S/C14H19N3O3/c1-16(2)5-7-20-8-6-17-10-15-12-4-3-11(14(18)19)9-13(12)17/h3-4,9-10H,5-8H2,1-2H3,(H,18,19). The second-order valence-electron chi connectivity index (χ2n) is 4.86. The Morgan fingerprint density at radius 1 is 1.40 bits per heavy atom. The van der Waals surface area contributed by atoms with Crippen LogP contribution in [0.3, 0.4) is 0 Å².